The second-order valence-electron chi connectivity index (χ2n) is 8.24. The Morgan fingerprint density at radius 1 is 1.03 bits per heavy atom. The minimum absolute atomic E-state index is 0.287. The van der Waals surface area contributed by atoms with Gasteiger partial charge in [-0.3, -0.25) is 5.01 Å². The molecule has 0 saturated carbocycles. The van der Waals surface area contributed by atoms with Crippen LogP contribution in [0, 0.1) is 11.3 Å². The van der Waals surface area contributed by atoms with E-state index >= 15 is 0 Å². The summed E-state index contributed by atoms with van der Waals surface area (Å²) in [5, 5.41) is 12.4. The number of hydrogen-bond donors (Lipinski definition) is 2. The number of nitrogens with two attached hydrogens (primary N) is 2. The smallest absolute Gasteiger partial charge is 0.149 e. The zero-order valence-electron chi connectivity index (χ0n) is 19.3. The van der Waals surface area contributed by atoms with Crippen LogP contribution in [0.15, 0.2) is 85.2 Å². The molecule has 4 rings (SSSR count). The van der Waals surface area contributed by atoms with Gasteiger partial charge in [0.05, 0.1) is 16.9 Å². The van der Waals surface area contributed by atoms with Crippen molar-refractivity contribution in [1.29, 1.82) is 5.26 Å². The summed E-state index contributed by atoms with van der Waals surface area (Å²) in [6.45, 7) is 4.57. The number of para-hydroxylation sites is 1. The van der Waals surface area contributed by atoms with E-state index in [0.29, 0.717) is 23.6 Å². The van der Waals surface area contributed by atoms with Crippen molar-refractivity contribution in [3.63, 3.8) is 0 Å². The molecule has 1 heterocycles. The van der Waals surface area contributed by atoms with Gasteiger partial charge < -0.3 is 10.5 Å². The standard InChI is InChI=1S/C28H27N5O/c1-19(2)22-7-3-4-8-23(22)27-25(17-30)28(24-9-5-6-10-26(24)32-27)34-18-20-11-13-21(14-12-20)33(31)16-15-29/h3-16,19H,18,29,31H2,1-2H3/b16-15-. The van der Waals surface area contributed by atoms with E-state index in [-0.39, 0.29) is 5.92 Å². The second-order valence-corrected chi connectivity index (χ2v) is 8.24. The van der Waals surface area contributed by atoms with Crippen molar-refractivity contribution < 1.29 is 4.74 Å². The van der Waals surface area contributed by atoms with Gasteiger partial charge in [-0.1, -0.05) is 62.4 Å². The summed E-state index contributed by atoms with van der Waals surface area (Å²) in [6, 6.07) is 25.8. The predicted octanol–water partition coefficient (Wildman–Crippen LogP) is 5.59. The number of nitrogens with zero attached hydrogens (tertiary/aromatic N) is 3. The van der Waals surface area contributed by atoms with Gasteiger partial charge in [0.15, 0.2) is 0 Å². The van der Waals surface area contributed by atoms with Gasteiger partial charge in [-0.15, -0.1) is 0 Å². The molecule has 0 amide bonds. The van der Waals surface area contributed by atoms with Crippen LogP contribution in [0.25, 0.3) is 22.2 Å². The summed E-state index contributed by atoms with van der Waals surface area (Å²) < 4.78 is 6.30. The molecule has 0 aliphatic carbocycles. The molecule has 4 aromatic rings. The SMILES string of the molecule is CC(C)c1ccccc1-c1nc2ccccc2c(OCc2ccc(N(N)/C=C\N)cc2)c1C#N. The molecule has 1 aromatic heterocycles. The largest absolute Gasteiger partial charge is 0.487 e. The van der Waals surface area contributed by atoms with Crippen LogP contribution in [0.5, 0.6) is 5.75 Å². The monoisotopic (exact) mass is 449 g/mol. The molecular weight excluding hydrogens is 422 g/mol. The highest BCUT2D eigenvalue weighted by atomic mass is 16.5. The maximum absolute atomic E-state index is 10.2. The van der Waals surface area contributed by atoms with Crippen LogP contribution < -0.4 is 21.3 Å². The van der Waals surface area contributed by atoms with Gasteiger partial charge in [0.25, 0.3) is 0 Å². The summed E-state index contributed by atoms with van der Waals surface area (Å²) in [7, 11) is 0. The first-order valence-electron chi connectivity index (χ1n) is 11.1. The van der Waals surface area contributed by atoms with Gasteiger partial charge in [0.2, 0.25) is 0 Å². The number of ether oxygens (including phenoxy) is 1. The van der Waals surface area contributed by atoms with Crippen molar-refractivity contribution in [2.45, 2.75) is 26.4 Å². The van der Waals surface area contributed by atoms with Crippen LogP contribution in [0.3, 0.4) is 0 Å². The first-order valence-corrected chi connectivity index (χ1v) is 11.1. The average Bonchev–Trinajstić information content (AvgIpc) is 2.87. The molecule has 0 radical (unpaired) electrons. The lowest BCUT2D eigenvalue weighted by Crippen LogP contribution is -2.24. The second kappa shape index (κ2) is 10.1. The fourth-order valence-electron chi connectivity index (χ4n) is 3.94. The van der Waals surface area contributed by atoms with Crippen molar-refractivity contribution in [2.75, 3.05) is 5.01 Å². The third-order valence-electron chi connectivity index (χ3n) is 5.66. The Hall–Kier alpha value is -4.34. The predicted molar refractivity (Wildman–Crippen MR) is 137 cm³/mol. The zero-order chi connectivity index (χ0) is 24.1. The van der Waals surface area contributed by atoms with Crippen LogP contribution in [0.4, 0.5) is 5.69 Å². The summed E-state index contributed by atoms with van der Waals surface area (Å²) in [5.41, 5.74) is 11.1. The Morgan fingerprint density at radius 2 is 1.74 bits per heavy atom. The van der Waals surface area contributed by atoms with Crippen molar-refractivity contribution in [3.05, 3.63) is 102 Å². The molecule has 3 aromatic carbocycles. The maximum Gasteiger partial charge on any atom is 0.149 e. The normalized spacial score (nSPS) is 11.1. The molecular formula is C28H27N5O. The van der Waals surface area contributed by atoms with E-state index in [0.717, 1.165) is 33.3 Å². The van der Waals surface area contributed by atoms with Gasteiger partial charge >= 0.3 is 0 Å². The lowest BCUT2D eigenvalue weighted by molar-refractivity contribution is 0.309. The Balaban J connectivity index is 1.77. The minimum atomic E-state index is 0.287. The molecule has 0 unspecified atom stereocenters. The Labute approximate surface area is 199 Å². The maximum atomic E-state index is 10.2. The minimum Gasteiger partial charge on any atom is -0.487 e. The van der Waals surface area contributed by atoms with E-state index in [4.69, 9.17) is 21.3 Å². The number of rotatable bonds is 7. The topological polar surface area (TPSA) is 101 Å². The first-order chi connectivity index (χ1) is 16.5. The zero-order valence-corrected chi connectivity index (χ0v) is 19.3. The number of fused-ring (bicyclic) bond motifs is 1. The molecule has 0 aliphatic heterocycles. The lowest BCUT2D eigenvalue weighted by Gasteiger charge is -2.18. The molecule has 0 atom stereocenters. The van der Waals surface area contributed by atoms with Crippen molar-refractivity contribution in [3.8, 4) is 23.1 Å². The molecule has 170 valence electrons. The highest BCUT2D eigenvalue weighted by Crippen LogP contribution is 2.38. The fraction of sp³-hybridized carbons (Fsp3) is 0.143. The summed E-state index contributed by atoms with van der Waals surface area (Å²) in [6.07, 6.45) is 2.95. The third-order valence-corrected chi connectivity index (χ3v) is 5.66. The molecule has 0 spiro atoms. The highest BCUT2D eigenvalue weighted by Gasteiger charge is 2.20. The number of pyridine rings is 1. The van der Waals surface area contributed by atoms with E-state index in [1.54, 1.807) is 6.20 Å². The third kappa shape index (κ3) is 4.56. The summed E-state index contributed by atoms with van der Waals surface area (Å²) in [4.78, 5) is 4.88. The summed E-state index contributed by atoms with van der Waals surface area (Å²) in [5.74, 6) is 6.74. The first kappa shape index (κ1) is 22.8. The lowest BCUT2D eigenvalue weighted by atomic mass is 9.92. The molecule has 6 heteroatoms. The van der Waals surface area contributed by atoms with Crippen molar-refractivity contribution in [2.24, 2.45) is 11.6 Å². The molecule has 0 fully saturated rings. The van der Waals surface area contributed by atoms with Gasteiger partial charge in [-0.05, 0) is 41.3 Å². The van der Waals surface area contributed by atoms with E-state index in [2.05, 4.69) is 26.0 Å². The van der Waals surface area contributed by atoms with Gasteiger partial charge in [0.1, 0.15) is 24.0 Å². The van der Waals surface area contributed by atoms with Gasteiger partial charge in [-0.2, -0.15) is 5.26 Å². The Kier molecular flexibility index (Phi) is 6.77. The van der Waals surface area contributed by atoms with Crippen LogP contribution in [-0.4, -0.2) is 4.98 Å². The number of aromatic nitrogens is 1. The molecule has 0 aliphatic rings. The quantitative estimate of drug-likeness (QED) is 0.282. The average molecular weight is 450 g/mol. The number of hydrogen-bond acceptors (Lipinski definition) is 6. The van der Waals surface area contributed by atoms with E-state index in [9.17, 15) is 5.26 Å². The number of benzene rings is 3. The van der Waals surface area contributed by atoms with E-state index in [1.807, 2.05) is 66.7 Å². The number of nitriles is 1. The summed E-state index contributed by atoms with van der Waals surface area (Å²) >= 11 is 0. The molecule has 4 N–H and O–H groups in total. The van der Waals surface area contributed by atoms with Gasteiger partial charge in [-0.25, -0.2) is 10.8 Å². The van der Waals surface area contributed by atoms with Crippen molar-refractivity contribution >= 4 is 16.6 Å². The Bertz CT molecular complexity index is 1370. The highest BCUT2D eigenvalue weighted by molar-refractivity contribution is 5.92. The van der Waals surface area contributed by atoms with E-state index < -0.39 is 0 Å². The van der Waals surface area contributed by atoms with Crippen LogP contribution >= 0.6 is 0 Å². The molecule has 34 heavy (non-hydrogen) atoms. The van der Waals surface area contributed by atoms with Crippen LogP contribution in [0.2, 0.25) is 0 Å². The fourth-order valence-corrected chi connectivity index (χ4v) is 3.94. The number of hydrazine groups is 1. The van der Waals surface area contributed by atoms with E-state index in [1.165, 1.54) is 11.2 Å². The molecule has 0 saturated heterocycles. The van der Waals surface area contributed by atoms with Crippen LogP contribution in [0.1, 0.15) is 36.5 Å². The Morgan fingerprint density at radius 3 is 2.44 bits per heavy atom. The molecule has 6 nitrogen and oxygen atoms in total. The molecule has 0 bridgehead atoms. The van der Waals surface area contributed by atoms with Gasteiger partial charge in [0, 0.05) is 23.3 Å². The van der Waals surface area contributed by atoms with Crippen LogP contribution in [-0.2, 0) is 6.61 Å². The number of anilines is 1. The van der Waals surface area contributed by atoms with Crippen molar-refractivity contribution in [1.82, 2.24) is 4.98 Å².